The zero-order chi connectivity index (χ0) is 19.0. The maximum absolute atomic E-state index is 15.7. The molecule has 134 valence electrons. The second-order valence-electron chi connectivity index (χ2n) is 6.66. The van der Waals surface area contributed by atoms with Crippen molar-refractivity contribution < 1.29 is 13.1 Å². The lowest BCUT2D eigenvalue weighted by molar-refractivity contribution is -0.363. The zero-order valence-electron chi connectivity index (χ0n) is 14.7. The van der Waals surface area contributed by atoms with Crippen molar-refractivity contribution in [3.63, 3.8) is 0 Å². The summed E-state index contributed by atoms with van der Waals surface area (Å²) in [5.74, 6) is 0. The van der Waals surface area contributed by atoms with Crippen molar-refractivity contribution in [3.05, 3.63) is 65.5 Å². The Morgan fingerprint density at radius 3 is 2.42 bits per heavy atom. The lowest BCUT2D eigenvalue weighted by Gasteiger charge is -2.33. The molecule has 4 rings (SSSR count). The van der Waals surface area contributed by atoms with E-state index in [9.17, 15) is 0 Å². The molecule has 4 heterocycles. The first-order valence-corrected chi connectivity index (χ1v) is 10.4. The molecule has 0 radical (unpaired) electrons. The molecule has 0 N–H and O–H groups in total. The number of halogens is 4. The number of fused-ring (bicyclic) bond motifs is 2. The molecule has 0 spiro atoms. The molecule has 3 nitrogen and oxygen atoms in total. The highest BCUT2D eigenvalue weighted by Crippen LogP contribution is 2.47. The molecule has 8 heteroatoms. The largest absolute Gasteiger partial charge is 0.737 e. The Morgan fingerprint density at radius 2 is 1.81 bits per heavy atom. The monoisotopic (exact) mass is 577 g/mol. The Morgan fingerprint density at radius 1 is 1.12 bits per heavy atom. The van der Waals surface area contributed by atoms with Gasteiger partial charge in [-0.05, 0) is 89.3 Å². The number of pyridine rings is 1. The van der Waals surface area contributed by atoms with Crippen LogP contribution in [-0.2, 0) is 0 Å². The molecule has 26 heavy (non-hydrogen) atoms. The maximum Gasteiger partial charge on any atom is 0.737 e. The van der Waals surface area contributed by atoms with E-state index >= 15 is 8.63 Å². The Bertz CT molecular complexity index is 1070. The highest BCUT2D eigenvalue weighted by molar-refractivity contribution is 14.1. The van der Waals surface area contributed by atoms with E-state index < -0.39 is 6.97 Å². The third kappa shape index (κ3) is 2.20. The first kappa shape index (κ1) is 18.3. The molecule has 2 aromatic rings. The predicted octanol–water partition coefficient (Wildman–Crippen LogP) is 5.30. The average Bonchev–Trinajstić information content (AvgIpc) is 2.98. The summed E-state index contributed by atoms with van der Waals surface area (Å²) in [6, 6.07) is 5.63. The predicted molar refractivity (Wildman–Crippen MR) is 118 cm³/mol. The second-order valence-corrected chi connectivity index (χ2v) is 8.82. The molecular weight excluding hydrogens is 561 g/mol. The van der Waals surface area contributed by atoms with Crippen molar-refractivity contribution in [3.8, 4) is 0 Å². The molecule has 0 aliphatic carbocycles. The van der Waals surface area contributed by atoms with Crippen LogP contribution in [0.4, 0.5) is 8.63 Å². The standard InChI is InChI=1S/C18H16BF2I2N3/c1-9-15(22)11(3)25-17(9)14(13-7-5-6-8-24-13)18-10(2)16(23)12(4)26(18)19(25,20)21/h5-8H,1-4H3. The van der Waals surface area contributed by atoms with Crippen molar-refractivity contribution in [2.24, 2.45) is 0 Å². The molecule has 0 bridgehead atoms. The fourth-order valence-electron chi connectivity index (χ4n) is 4.03. The quantitative estimate of drug-likeness (QED) is 0.334. The van der Waals surface area contributed by atoms with Crippen molar-refractivity contribution in [2.45, 2.75) is 27.7 Å². The topological polar surface area (TPSA) is 20.8 Å². The molecule has 0 saturated heterocycles. The molecule has 0 amide bonds. The second kappa shape index (κ2) is 5.98. The summed E-state index contributed by atoms with van der Waals surface area (Å²) in [6.45, 7) is 3.41. The normalized spacial score (nSPS) is 18.6. The highest BCUT2D eigenvalue weighted by Gasteiger charge is 2.56. The van der Waals surface area contributed by atoms with E-state index in [1.54, 1.807) is 20.0 Å². The third-order valence-electron chi connectivity index (χ3n) is 5.22. The fourth-order valence-corrected chi connectivity index (χ4v) is 5.06. The molecular formula is C18H16BF2I2N3. The van der Waals surface area contributed by atoms with Crippen molar-refractivity contribution in [1.29, 1.82) is 0 Å². The summed E-state index contributed by atoms with van der Waals surface area (Å²) >= 11 is 4.34. The summed E-state index contributed by atoms with van der Waals surface area (Å²) in [5, 5.41) is 0. The summed E-state index contributed by atoms with van der Waals surface area (Å²) in [6.07, 6.45) is 1.71. The smallest absolute Gasteiger partial charge is 0.392 e. The summed E-state index contributed by atoms with van der Waals surface area (Å²) < 4.78 is 35.7. The highest BCUT2D eigenvalue weighted by atomic mass is 127. The fraction of sp³-hybridized carbons (Fsp3) is 0.222. The molecule has 0 unspecified atom stereocenters. The number of allylic oxidation sites excluding steroid dienone is 2. The lowest BCUT2D eigenvalue weighted by Crippen LogP contribution is -2.51. The van der Waals surface area contributed by atoms with Gasteiger partial charge in [-0.3, -0.25) is 4.98 Å². The molecule has 0 saturated carbocycles. The van der Waals surface area contributed by atoms with E-state index in [2.05, 4.69) is 50.2 Å². The van der Waals surface area contributed by atoms with Gasteiger partial charge in [-0.2, -0.15) is 0 Å². The van der Waals surface area contributed by atoms with Gasteiger partial charge in [-0.1, -0.05) is 6.07 Å². The lowest BCUT2D eigenvalue weighted by atomic mass is 9.85. The van der Waals surface area contributed by atoms with Crippen LogP contribution in [0.25, 0.3) is 5.57 Å². The summed E-state index contributed by atoms with van der Waals surface area (Å²) in [4.78, 5) is 4.50. The molecule has 2 aromatic heterocycles. The SMILES string of the molecule is CC1=C(I)C(C)=[N+]2C1=C(c1ccccn1)c1c(C)c(I)c(C)n1[B-]2(F)F. The molecule has 2 aliphatic heterocycles. The van der Waals surface area contributed by atoms with Crippen molar-refractivity contribution >= 4 is 63.4 Å². The van der Waals surface area contributed by atoms with Gasteiger partial charge < -0.3 is 17.6 Å². The van der Waals surface area contributed by atoms with Crippen LogP contribution < -0.4 is 0 Å². The Hall–Kier alpha value is -1.04. The van der Waals surface area contributed by atoms with Gasteiger partial charge in [0.1, 0.15) is 5.71 Å². The van der Waals surface area contributed by atoms with Gasteiger partial charge in [0.15, 0.2) is 5.70 Å². The van der Waals surface area contributed by atoms with Crippen molar-refractivity contribution in [1.82, 2.24) is 9.46 Å². The van der Waals surface area contributed by atoms with E-state index in [1.165, 1.54) is 8.96 Å². The Labute approximate surface area is 178 Å². The molecule has 2 aliphatic rings. The van der Waals surface area contributed by atoms with Crippen molar-refractivity contribution in [2.75, 3.05) is 0 Å². The van der Waals surface area contributed by atoms with Crippen LogP contribution in [0, 0.1) is 17.4 Å². The van der Waals surface area contributed by atoms with E-state index in [1.807, 2.05) is 32.0 Å². The number of nitrogens with zero attached hydrogens (tertiary/aromatic N) is 3. The number of aromatic nitrogens is 2. The molecule has 0 fully saturated rings. The van der Waals surface area contributed by atoms with Crippen LogP contribution in [-0.4, -0.2) is 26.6 Å². The minimum Gasteiger partial charge on any atom is -0.392 e. The first-order chi connectivity index (χ1) is 12.2. The van der Waals surface area contributed by atoms with Gasteiger partial charge in [0.05, 0.1) is 14.8 Å². The van der Waals surface area contributed by atoms with Crippen LogP contribution in [0.1, 0.15) is 36.5 Å². The van der Waals surface area contributed by atoms with E-state index in [4.69, 9.17) is 0 Å². The third-order valence-corrected chi connectivity index (χ3v) is 8.40. The molecule has 0 aromatic carbocycles. The van der Waals surface area contributed by atoms with Crippen LogP contribution in [0.2, 0.25) is 0 Å². The van der Waals surface area contributed by atoms with E-state index in [0.29, 0.717) is 22.8 Å². The van der Waals surface area contributed by atoms with E-state index in [0.717, 1.165) is 29.6 Å². The summed E-state index contributed by atoms with van der Waals surface area (Å²) in [7, 11) is 0. The Kier molecular flexibility index (Phi) is 4.22. The van der Waals surface area contributed by atoms with Crippen LogP contribution in [0.3, 0.4) is 0 Å². The van der Waals surface area contributed by atoms with Gasteiger partial charge in [-0.15, -0.1) is 0 Å². The summed E-state index contributed by atoms with van der Waals surface area (Å²) in [5.41, 5.74) is 5.63. The number of hydrogen-bond donors (Lipinski definition) is 0. The van der Waals surface area contributed by atoms with Gasteiger partial charge in [0.25, 0.3) is 0 Å². The number of rotatable bonds is 1. The van der Waals surface area contributed by atoms with Gasteiger partial charge in [0.2, 0.25) is 0 Å². The number of hydrogen-bond acceptors (Lipinski definition) is 1. The van der Waals surface area contributed by atoms with Gasteiger partial charge >= 0.3 is 6.97 Å². The molecule has 0 atom stereocenters. The zero-order valence-corrected chi connectivity index (χ0v) is 19.1. The minimum absolute atomic E-state index is 0.583. The van der Waals surface area contributed by atoms with Gasteiger partial charge in [-0.25, -0.2) is 0 Å². The minimum atomic E-state index is -3.97. The van der Waals surface area contributed by atoms with Crippen LogP contribution in [0.5, 0.6) is 0 Å². The van der Waals surface area contributed by atoms with Gasteiger partial charge in [0, 0.05) is 28.0 Å². The first-order valence-electron chi connectivity index (χ1n) is 8.25. The van der Waals surface area contributed by atoms with E-state index in [-0.39, 0.29) is 0 Å². The van der Waals surface area contributed by atoms with Crippen LogP contribution >= 0.6 is 45.2 Å². The average molecular weight is 577 g/mol. The van der Waals surface area contributed by atoms with Crippen LogP contribution in [0.15, 0.2) is 39.2 Å². The maximum atomic E-state index is 15.7. The Balaban J connectivity index is 2.25.